The molecule has 0 saturated carbocycles. The van der Waals surface area contributed by atoms with Crippen LogP contribution in [0, 0.1) is 0 Å². The molecule has 202 valence electrons. The Kier molecular flexibility index (Phi) is 8.74. The number of hydrogen-bond donors (Lipinski definition) is 2. The molecule has 2 atom stereocenters. The summed E-state index contributed by atoms with van der Waals surface area (Å²) in [5.74, 6) is -0.852. The summed E-state index contributed by atoms with van der Waals surface area (Å²) in [6.07, 6.45) is 0.801. The largest absolute Gasteiger partial charge is 0.493 e. The summed E-state index contributed by atoms with van der Waals surface area (Å²) in [6.45, 7) is 0. The van der Waals surface area contributed by atoms with Gasteiger partial charge in [-0.3, -0.25) is 14.7 Å². The molecule has 9 nitrogen and oxygen atoms in total. The highest BCUT2D eigenvalue weighted by Crippen LogP contribution is 2.52. The van der Waals surface area contributed by atoms with Gasteiger partial charge in [0.25, 0.3) is 0 Å². The van der Waals surface area contributed by atoms with E-state index in [0.29, 0.717) is 23.5 Å². The van der Waals surface area contributed by atoms with Crippen molar-refractivity contribution in [2.24, 2.45) is 0 Å². The van der Waals surface area contributed by atoms with Crippen LogP contribution in [0.25, 0.3) is 21.9 Å². The Morgan fingerprint density at radius 2 is 1.68 bits per heavy atom. The number of nitrogens with one attached hydrogen (secondary N) is 1. The van der Waals surface area contributed by atoms with E-state index >= 15 is 0 Å². The first-order chi connectivity index (χ1) is 18.3. The van der Waals surface area contributed by atoms with Gasteiger partial charge in [0, 0.05) is 25.0 Å². The molecule has 4 rings (SSSR count). The third kappa shape index (κ3) is 5.71. The average Bonchev–Trinajstić information content (AvgIpc) is 3.31. The van der Waals surface area contributed by atoms with Crippen LogP contribution in [0.2, 0.25) is 0 Å². The maximum absolute atomic E-state index is 13.5. The molecule has 0 unspecified atom stereocenters. The number of furan rings is 1. The van der Waals surface area contributed by atoms with Crippen LogP contribution in [0.4, 0.5) is 0 Å². The topological polar surface area (TPSA) is 116 Å². The van der Waals surface area contributed by atoms with E-state index in [1.807, 2.05) is 54.6 Å². The van der Waals surface area contributed by atoms with Crippen molar-refractivity contribution in [3.8, 4) is 11.5 Å². The Bertz CT molecular complexity index is 1460. The van der Waals surface area contributed by atoms with Crippen molar-refractivity contribution in [3.63, 3.8) is 0 Å². The number of carboxylic acids is 1. The maximum atomic E-state index is 13.5. The summed E-state index contributed by atoms with van der Waals surface area (Å²) in [7, 11) is 1.98. The summed E-state index contributed by atoms with van der Waals surface area (Å²) >= 11 is 0. The van der Waals surface area contributed by atoms with Crippen molar-refractivity contribution in [1.29, 1.82) is 0 Å². The molecule has 0 spiro atoms. The smallest absolute Gasteiger partial charge is 0.346 e. The first-order valence-corrected chi connectivity index (χ1v) is 13.7. The molecule has 10 heteroatoms. The summed E-state index contributed by atoms with van der Waals surface area (Å²) in [4.78, 5) is 12.3. The molecule has 1 heterocycles. The maximum Gasteiger partial charge on any atom is 0.346 e. The van der Waals surface area contributed by atoms with Crippen LogP contribution >= 0.6 is 7.60 Å². The zero-order valence-electron chi connectivity index (χ0n) is 21.8. The molecule has 0 aliphatic heterocycles. The molecular formula is C28H32NO8P. The van der Waals surface area contributed by atoms with Gasteiger partial charge in [-0.05, 0) is 48.6 Å². The second-order valence-corrected chi connectivity index (χ2v) is 11.2. The van der Waals surface area contributed by atoms with Crippen LogP contribution in [0.3, 0.4) is 0 Å². The van der Waals surface area contributed by atoms with Crippen molar-refractivity contribution in [2.75, 3.05) is 28.4 Å². The van der Waals surface area contributed by atoms with Crippen LogP contribution in [0.5, 0.6) is 11.5 Å². The summed E-state index contributed by atoms with van der Waals surface area (Å²) in [5, 5.41) is 15.1. The molecule has 38 heavy (non-hydrogen) atoms. The molecule has 1 aromatic heterocycles. The lowest BCUT2D eigenvalue weighted by Gasteiger charge is -2.28. The Labute approximate surface area is 221 Å². The molecule has 0 aliphatic carbocycles. The minimum Gasteiger partial charge on any atom is -0.493 e. The third-order valence-corrected chi connectivity index (χ3v) is 8.83. The number of methoxy groups -OCH3 is 2. The summed E-state index contributed by atoms with van der Waals surface area (Å²) in [6, 6.07) is 17.8. The Morgan fingerprint density at radius 3 is 2.37 bits per heavy atom. The molecule has 2 N–H and O–H groups in total. The second kappa shape index (κ2) is 12.0. The van der Waals surface area contributed by atoms with Crippen molar-refractivity contribution in [1.82, 2.24) is 5.32 Å². The van der Waals surface area contributed by atoms with E-state index in [0.717, 1.165) is 27.5 Å². The highest BCUT2D eigenvalue weighted by molar-refractivity contribution is 7.54. The predicted octanol–water partition coefficient (Wildman–Crippen LogP) is 5.63. The monoisotopic (exact) mass is 541 g/mol. The van der Waals surface area contributed by atoms with Gasteiger partial charge in [0.2, 0.25) is 0 Å². The highest BCUT2D eigenvalue weighted by Gasteiger charge is 2.37. The van der Waals surface area contributed by atoms with Gasteiger partial charge in [0.1, 0.15) is 23.0 Å². The fourth-order valence-electron chi connectivity index (χ4n) is 4.69. The number of carbonyl (C=O) groups is 1. The lowest BCUT2D eigenvalue weighted by atomic mass is 10.0. The molecule has 0 aliphatic rings. The standard InChI is InChI=1S/C28H32NO8P/c1-33-24-11-7-8-19(27(24)34-2)13-15-26(38(32,35-3)36-4)29-22(28(30)31)16-18-12-14-21-20-9-5-6-10-23(20)37-25(21)17-18/h5-12,14,17,22,26,29H,13,15-16H2,1-4H3,(H,30,31)/t22-,26-/m0/s1. The molecule has 3 aromatic carbocycles. The van der Waals surface area contributed by atoms with Crippen molar-refractivity contribution in [2.45, 2.75) is 31.1 Å². The summed E-state index contributed by atoms with van der Waals surface area (Å²) in [5.41, 5.74) is 3.02. The van der Waals surface area contributed by atoms with E-state index in [1.165, 1.54) is 14.2 Å². The SMILES string of the molecule is COc1cccc(CC[C@@H](N[C@@H](Cc2ccc3c(c2)oc2ccccc23)C(=O)O)P(=O)(OC)OC)c1OC. The van der Waals surface area contributed by atoms with E-state index in [1.54, 1.807) is 20.3 Å². The van der Waals surface area contributed by atoms with Gasteiger partial charge >= 0.3 is 13.6 Å². The van der Waals surface area contributed by atoms with Crippen LogP contribution in [-0.2, 0) is 31.2 Å². The Morgan fingerprint density at radius 1 is 0.947 bits per heavy atom. The average molecular weight is 542 g/mol. The van der Waals surface area contributed by atoms with Gasteiger partial charge in [0.15, 0.2) is 11.5 Å². The normalized spacial score (nSPS) is 13.5. The number of carboxylic acid groups (broad SMARTS) is 1. The third-order valence-electron chi connectivity index (χ3n) is 6.64. The fraction of sp³-hybridized carbons (Fsp3) is 0.321. The lowest BCUT2D eigenvalue weighted by Crippen LogP contribution is -2.45. The van der Waals surface area contributed by atoms with Gasteiger partial charge in [-0.1, -0.05) is 42.5 Å². The highest BCUT2D eigenvalue weighted by atomic mass is 31.2. The number of aryl methyl sites for hydroxylation is 1. The van der Waals surface area contributed by atoms with Crippen molar-refractivity contribution < 1.29 is 37.4 Å². The molecule has 4 aromatic rings. The number of hydrogen-bond acceptors (Lipinski definition) is 8. The molecule has 0 amide bonds. The first-order valence-electron chi connectivity index (χ1n) is 12.1. The molecular weight excluding hydrogens is 509 g/mol. The quantitative estimate of drug-likeness (QED) is 0.208. The van der Waals surface area contributed by atoms with E-state index in [-0.39, 0.29) is 12.8 Å². The van der Waals surface area contributed by atoms with Crippen LogP contribution in [0.15, 0.2) is 65.1 Å². The van der Waals surface area contributed by atoms with Crippen molar-refractivity contribution >= 4 is 35.5 Å². The van der Waals surface area contributed by atoms with Gasteiger partial charge in [-0.15, -0.1) is 0 Å². The number of rotatable bonds is 13. The molecule has 0 radical (unpaired) electrons. The Balaban J connectivity index is 1.59. The van der Waals surface area contributed by atoms with Crippen LogP contribution < -0.4 is 14.8 Å². The minimum atomic E-state index is -3.69. The number of aliphatic carboxylic acids is 1. The number of para-hydroxylation sites is 2. The van der Waals surface area contributed by atoms with E-state index in [9.17, 15) is 14.5 Å². The van der Waals surface area contributed by atoms with Gasteiger partial charge in [-0.25, -0.2) is 0 Å². The zero-order chi connectivity index (χ0) is 27.3. The minimum absolute atomic E-state index is 0.134. The van der Waals surface area contributed by atoms with Crippen LogP contribution in [-0.4, -0.2) is 51.3 Å². The van der Waals surface area contributed by atoms with Crippen LogP contribution in [0.1, 0.15) is 17.5 Å². The van der Waals surface area contributed by atoms with Crippen molar-refractivity contribution in [3.05, 3.63) is 71.8 Å². The second-order valence-electron chi connectivity index (χ2n) is 8.80. The van der Waals surface area contributed by atoms with Gasteiger partial charge in [0.05, 0.1) is 14.2 Å². The van der Waals surface area contributed by atoms with Gasteiger partial charge in [-0.2, -0.15) is 0 Å². The molecule has 0 saturated heterocycles. The molecule has 0 bridgehead atoms. The predicted molar refractivity (Wildman–Crippen MR) is 145 cm³/mol. The van der Waals surface area contributed by atoms with Gasteiger partial charge < -0.3 is 28.0 Å². The number of benzene rings is 3. The van der Waals surface area contributed by atoms with E-state index < -0.39 is 25.4 Å². The number of ether oxygens (including phenoxy) is 2. The molecule has 0 fully saturated rings. The van der Waals surface area contributed by atoms with E-state index in [4.69, 9.17) is 22.9 Å². The zero-order valence-corrected chi connectivity index (χ0v) is 22.7. The Hall–Kier alpha value is -3.36. The lowest BCUT2D eigenvalue weighted by molar-refractivity contribution is -0.139. The fourth-order valence-corrected chi connectivity index (χ4v) is 6.15. The van der Waals surface area contributed by atoms with E-state index in [2.05, 4.69) is 5.32 Å². The first kappa shape index (κ1) is 27.7. The number of fused-ring (bicyclic) bond motifs is 3. The summed E-state index contributed by atoms with van der Waals surface area (Å²) < 4.78 is 40.8.